The number of methoxy groups -OCH3 is 4. The first kappa shape index (κ1) is 25.4. The first-order chi connectivity index (χ1) is 17.5. The van der Waals surface area contributed by atoms with Gasteiger partial charge in [-0.3, -0.25) is 4.79 Å². The van der Waals surface area contributed by atoms with E-state index in [1.54, 1.807) is 34.5 Å². The second-order valence-electron chi connectivity index (χ2n) is 8.71. The van der Waals surface area contributed by atoms with Crippen LogP contribution < -0.4 is 35.0 Å². The van der Waals surface area contributed by atoms with Crippen LogP contribution in [0.15, 0.2) is 53.3 Å². The summed E-state index contributed by atoms with van der Waals surface area (Å²) >= 11 is 0. The number of anilines is 1. The van der Waals surface area contributed by atoms with Gasteiger partial charge in [-0.2, -0.15) is 0 Å². The number of nitrogens with one attached hydrogen (secondary N) is 2. The Hall–Kier alpha value is -3.71. The molecule has 0 fully saturated rings. The van der Waals surface area contributed by atoms with Crippen molar-refractivity contribution < 1.29 is 18.9 Å². The molecular weight excluding hydrogens is 456 g/mol. The fraction of sp³-hybridized carbons (Fsp3) is 0.345. The summed E-state index contributed by atoms with van der Waals surface area (Å²) in [5, 5.41) is 6.73. The highest BCUT2D eigenvalue weighted by atomic mass is 16.5. The molecule has 190 valence electrons. The van der Waals surface area contributed by atoms with Crippen molar-refractivity contribution in [1.82, 2.24) is 5.32 Å². The molecule has 0 saturated carbocycles. The molecule has 1 atom stereocenters. The van der Waals surface area contributed by atoms with Crippen molar-refractivity contribution in [3.63, 3.8) is 0 Å². The lowest BCUT2D eigenvalue weighted by Crippen LogP contribution is -2.18. The predicted molar refractivity (Wildman–Crippen MR) is 143 cm³/mol. The van der Waals surface area contributed by atoms with Crippen LogP contribution in [0.5, 0.6) is 23.0 Å². The van der Waals surface area contributed by atoms with Crippen molar-refractivity contribution in [2.75, 3.05) is 47.3 Å². The summed E-state index contributed by atoms with van der Waals surface area (Å²) in [5.74, 6) is 2.61. The van der Waals surface area contributed by atoms with Gasteiger partial charge in [0.2, 0.25) is 11.2 Å². The summed E-state index contributed by atoms with van der Waals surface area (Å²) in [6.07, 6.45) is 2.42. The van der Waals surface area contributed by atoms with Gasteiger partial charge in [0.1, 0.15) is 5.75 Å². The summed E-state index contributed by atoms with van der Waals surface area (Å²) in [5.41, 5.74) is 5.59. The van der Waals surface area contributed by atoms with E-state index in [0.717, 1.165) is 47.3 Å². The SMILES string of the molecule is CN[C@@H]1CCc2cc(OC)c(OC)c(OC)c2-c2ccc(NCCc3ccc(OC)cc3)c(=O)cc21. The van der Waals surface area contributed by atoms with E-state index in [2.05, 4.69) is 10.6 Å². The lowest BCUT2D eigenvalue weighted by atomic mass is 9.95. The van der Waals surface area contributed by atoms with Gasteiger partial charge in [-0.1, -0.05) is 18.2 Å². The van der Waals surface area contributed by atoms with Crippen LogP contribution in [0.1, 0.15) is 29.2 Å². The maximum Gasteiger partial charge on any atom is 0.203 e. The molecule has 3 aromatic carbocycles. The molecule has 3 aromatic rings. The third kappa shape index (κ3) is 4.97. The van der Waals surface area contributed by atoms with Gasteiger partial charge in [0.05, 0.1) is 34.1 Å². The largest absolute Gasteiger partial charge is 0.497 e. The molecule has 0 heterocycles. The molecule has 0 amide bonds. The summed E-state index contributed by atoms with van der Waals surface area (Å²) in [4.78, 5) is 13.3. The topological polar surface area (TPSA) is 78.1 Å². The van der Waals surface area contributed by atoms with E-state index >= 15 is 0 Å². The summed E-state index contributed by atoms with van der Waals surface area (Å²) in [6.45, 7) is 0.636. The summed E-state index contributed by atoms with van der Waals surface area (Å²) < 4.78 is 22.3. The third-order valence-electron chi connectivity index (χ3n) is 6.78. The van der Waals surface area contributed by atoms with E-state index in [1.165, 1.54) is 5.56 Å². The molecule has 7 nitrogen and oxygen atoms in total. The number of aryl methyl sites for hydroxylation is 1. The van der Waals surface area contributed by atoms with Gasteiger partial charge in [0.25, 0.3) is 0 Å². The zero-order valence-electron chi connectivity index (χ0n) is 21.6. The Morgan fingerprint density at radius 1 is 0.889 bits per heavy atom. The maximum atomic E-state index is 13.3. The Balaban J connectivity index is 1.74. The van der Waals surface area contributed by atoms with Gasteiger partial charge in [-0.15, -0.1) is 0 Å². The van der Waals surface area contributed by atoms with Crippen LogP contribution in [-0.2, 0) is 12.8 Å². The molecule has 7 heteroatoms. The van der Waals surface area contributed by atoms with E-state index in [-0.39, 0.29) is 11.5 Å². The van der Waals surface area contributed by atoms with E-state index in [4.69, 9.17) is 18.9 Å². The smallest absolute Gasteiger partial charge is 0.203 e. The molecule has 0 aliphatic heterocycles. The Morgan fingerprint density at radius 2 is 1.64 bits per heavy atom. The average Bonchev–Trinajstić information content (AvgIpc) is 3.15. The lowest BCUT2D eigenvalue weighted by molar-refractivity contribution is 0.324. The Morgan fingerprint density at radius 3 is 2.28 bits per heavy atom. The fourth-order valence-electron chi connectivity index (χ4n) is 4.89. The average molecular weight is 491 g/mol. The standard InChI is InChI=1S/C29H34N2O5/c1-30-23-12-8-19-16-26(34-3)28(35-4)29(36-5)27(19)21-11-13-24(25(32)17-22(21)23)31-15-14-18-6-9-20(33-2)10-7-18/h6-7,9-11,13,16-17,23,30H,8,12,14-15H2,1-5H3,(H,31,32)/t23-/m1/s1. The first-order valence-corrected chi connectivity index (χ1v) is 12.1. The van der Waals surface area contributed by atoms with E-state index < -0.39 is 0 Å². The van der Waals surface area contributed by atoms with Crippen LogP contribution in [-0.4, -0.2) is 42.0 Å². The van der Waals surface area contributed by atoms with Crippen LogP contribution in [0.25, 0.3) is 11.1 Å². The van der Waals surface area contributed by atoms with Gasteiger partial charge >= 0.3 is 0 Å². The number of fused-ring (bicyclic) bond motifs is 3. The Labute approximate surface area is 212 Å². The van der Waals surface area contributed by atoms with Crippen molar-refractivity contribution in [2.45, 2.75) is 25.3 Å². The van der Waals surface area contributed by atoms with Crippen LogP contribution in [0.3, 0.4) is 0 Å². The van der Waals surface area contributed by atoms with Crippen molar-refractivity contribution in [3.05, 3.63) is 75.4 Å². The summed E-state index contributed by atoms with van der Waals surface area (Å²) in [7, 11) is 8.44. The minimum Gasteiger partial charge on any atom is -0.497 e. The van der Waals surface area contributed by atoms with E-state index in [9.17, 15) is 4.79 Å². The molecule has 36 heavy (non-hydrogen) atoms. The highest BCUT2D eigenvalue weighted by molar-refractivity contribution is 5.83. The molecule has 0 radical (unpaired) electrons. The Bertz CT molecular complexity index is 1270. The highest BCUT2D eigenvalue weighted by Crippen LogP contribution is 2.50. The number of ether oxygens (including phenoxy) is 4. The van der Waals surface area contributed by atoms with Gasteiger partial charge < -0.3 is 29.6 Å². The molecule has 2 N–H and O–H groups in total. The predicted octanol–water partition coefficient (Wildman–Crippen LogP) is 4.61. The van der Waals surface area contributed by atoms with Crippen molar-refractivity contribution in [1.29, 1.82) is 0 Å². The van der Waals surface area contributed by atoms with Crippen molar-refractivity contribution >= 4 is 5.69 Å². The van der Waals surface area contributed by atoms with Gasteiger partial charge in [0, 0.05) is 18.2 Å². The first-order valence-electron chi connectivity index (χ1n) is 12.1. The van der Waals surface area contributed by atoms with Crippen molar-refractivity contribution in [2.24, 2.45) is 0 Å². The van der Waals surface area contributed by atoms with Crippen molar-refractivity contribution in [3.8, 4) is 34.1 Å². The highest BCUT2D eigenvalue weighted by Gasteiger charge is 2.28. The van der Waals surface area contributed by atoms with Gasteiger partial charge in [-0.05, 0) is 78.9 Å². The minimum atomic E-state index is -0.0471. The van der Waals surface area contributed by atoms with Gasteiger partial charge in [-0.25, -0.2) is 0 Å². The number of hydrogen-bond acceptors (Lipinski definition) is 7. The van der Waals surface area contributed by atoms with Crippen LogP contribution >= 0.6 is 0 Å². The molecule has 0 unspecified atom stereocenters. The lowest BCUT2D eigenvalue weighted by Gasteiger charge is -2.19. The molecule has 0 spiro atoms. The number of benzene rings is 2. The van der Waals surface area contributed by atoms with E-state index in [0.29, 0.717) is 29.5 Å². The Kier molecular flexibility index (Phi) is 8.00. The molecule has 0 bridgehead atoms. The fourth-order valence-corrected chi connectivity index (χ4v) is 4.89. The maximum absolute atomic E-state index is 13.3. The summed E-state index contributed by atoms with van der Waals surface area (Å²) in [6, 6.07) is 15.6. The number of rotatable bonds is 9. The normalized spacial score (nSPS) is 14.2. The second-order valence-corrected chi connectivity index (χ2v) is 8.71. The van der Waals surface area contributed by atoms with Crippen LogP contribution in [0.2, 0.25) is 0 Å². The van der Waals surface area contributed by atoms with Crippen LogP contribution in [0.4, 0.5) is 5.69 Å². The van der Waals surface area contributed by atoms with Crippen LogP contribution in [0, 0.1) is 0 Å². The minimum absolute atomic E-state index is 0.0151. The molecule has 0 aromatic heterocycles. The monoisotopic (exact) mass is 490 g/mol. The van der Waals surface area contributed by atoms with Gasteiger partial charge in [0.15, 0.2) is 11.5 Å². The second kappa shape index (κ2) is 11.4. The molecule has 4 rings (SSSR count). The zero-order chi connectivity index (χ0) is 25.7. The van der Waals surface area contributed by atoms with E-state index in [1.807, 2.05) is 49.5 Å². The molecule has 1 aliphatic carbocycles. The molecule has 0 saturated heterocycles. The zero-order valence-corrected chi connectivity index (χ0v) is 21.6. The molecular formula is C29H34N2O5. The number of hydrogen-bond donors (Lipinski definition) is 2. The molecule has 1 aliphatic rings. The quantitative estimate of drug-likeness (QED) is 0.454. The third-order valence-corrected chi connectivity index (χ3v) is 6.78.